The van der Waals surface area contributed by atoms with E-state index in [1.54, 1.807) is 0 Å². The Morgan fingerprint density at radius 1 is 1.28 bits per heavy atom. The van der Waals surface area contributed by atoms with Crippen LogP contribution in [0.25, 0.3) is 0 Å². The third-order valence-corrected chi connectivity index (χ3v) is 2.88. The molecule has 0 spiro atoms. The molecule has 92 valence electrons. The topological polar surface area (TPSA) is 30.0 Å². The van der Waals surface area contributed by atoms with E-state index in [9.17, 15) is 9.18 Å². The van der Waals surface area contributed by atoms with E-state index in [0.717, 1.165) is 16.7 Å². The molecule has 1 heterocycles. The van der Waals surface area contributed by atoms with Gasteiger partial charge in [-0.1, -0.05) is 23.8 Å². The number of Topliss-reactive ketones (excluding diaryl/α,β-unsaturated/α-hetero) is 1. The van der Waals surface area contributed by atoms with Gasteiger partial charge in [0.1, 0.15) is 5.69 Å². The highest BCUT2D eigenvalue weighted by molar-refractivity contribution is 5.96. The molecule has 0 aliphatic carbocycles. The fraction of sp³-hybridized carbons (Fsp3) is 0.200. The first-order chi connectivity index (χ1) is 8.58. The van der Waals surface area contributed by atoms with Gasteiger partial charge in [-0.15, -0.1) is 0 Å². The SMILES string of the molecule is Cc1ccc(C)c(CC(=O)c2ncccc2F)c1. The summed E-state index contributed by atoms with van der Waals surface area (Å²) in [5, 5.41) is 0. The molecule has 18 heavy (non-hydrogen) atoms. The first-order valence-corrected chi connectivity index (χ1v) is 5.78. The molecule has 0 atom stereocenters. The van der Waals surface area contributed by atoms with Crippen molar-refractivity contribution in [1.82, 2.24) is 4.98 Å². The number of pyridine rings is 1. The molecule has 0 saturated carbocycles. The van der Waals surface area contributed by atoms with Crippen molar-refractivity contribution in [1.29, 1.82) is 0 Å². The minimum absolute atomic E-state index is 0.0848. The Morgan fingerprint density at radius 2 is 2.06 bits per heavy atom. The smallest absolute Gasteiger partial charge is 0.188 e. The van der Waals surface area contributed by atoms with Crippen LogP contribution in [0.4, 0.5) is 4.39 Å². The number of rotatable bonds is 3. The second-order valence-corrected chi connectivity index (χ2v) is 4.36. The van der Waals surface area contributed by atoms with Crippen molar-refractivity contribution in [3.05, 3.63) is 64.7 Å². The van der Waals surface area contributed by atoms with E-state index in [4.69, 9.17) is 0 Å². The molecule has 0 radical (unpaired) electrons. The molecule has 1 aromatic heterocycles. The predicted molar refractivity (Wildman–Crippen MR) is 68.1 cm³/mol. The van der Waals surface area contributed by atoms with Crippen molar-refractivity contribution in [3.8, 4) is 0 Å². The summed E-state index contributed by atoms with van der Waals surface area (Å²) in [4.78, 5) is 15.8. The van der Waals surface area contributed by atoms with E-state index in [1.807, 2.05) is 32.0 Å². The normalized spacial score (nSPS) is 10.4. The highest BCUT2D eigenvalue weighted by Crippen LogP contribution is 2.14. The Hall–Kier alpha value is -2.03. The Balaban J connectivity index is 2.27. The molecule has 0 amide bonds. The average molecular weight is 243 g/mol. The van der Waals surface area contributed by atoms with Crippen LogP contribution in [0.3, 0.4) is 0 Å². The van der Waals surface area contributed by atoms with Gasteiger partial charge in [0, 0.05) is 12.6 Å². The first kappa shape index (κ1) is 12.4. The lowest BCUT2D eigenvalue weighted by molar-refractivity contribution is 0.0983. The number of aromatic nitrogens is 1. The average Bonchev–Trinajstić information content (AvgIpc) is 2.34. The number of ketones is 1. The second-order valence-electron chi connectivity index (χ2n) is 4.36. The van der Waals surface area contributed by atoms with Gasteiger partial charge in [0.25, 0.3) is 0 Å². The molecule has 0 bridgehead atoms. The zero-order valence-electron chi connectivity index (χ0n) is 10.4. The maximum absolute atomic E-state index is 13.4. The first-order valence-electron chi connectivity index (χ1n) is 5.78. The van der Waals surface area contributed by atoms with Crippen molar-refractivity contribution in [2.75, 3.05) is 0 Å². The van der Waals surface area contributed by atoms with Crippen LogP contribution in [-0.4, -0.2) is 10.8 Å². The fourth-order valence-electron chi connectivity index (χ4n) is 1.84. The molecule has 3 heteroatoms. The zero-order chi connectivity index (χ0) is 13.1. The summed E-state index contributed by atoms with van der Waals surface area (Å²) in [7, 11) is 0. The molecule has 2 nitrogen and oxygen atoms in total. The zero-order valence-corrected chi connectivity index (χ0v) is 10.4. The van der Waals surface area contributed by atoms with Crippen LogP contribution < -0.4 is 0 Å². The number of hydrogen-bond donors (Lipinski definition) is 0. The highest BCUT2D eigenvalue weighted by Gasteiger charge is 2.14. The van der Waals surface area contributed by atoms with Crippen LogP contribution in [0.2, 0.25) is 0 Å². The Bertz CT molecular complexity index is 593. The molecule has 2 aromatic rings. The van der Waals surface area contributed by atoms with Crippen molar-refractivity contribution in [3.63, 3.8) is 0 Å². The molecular weight excluding hydrogens is 229 g/mol. The summed E-state index contributed by atoms with van der Waals surface area (Å²) in [6.45, 7) is 3.91. The van der Waals surface area contributed by atoms with Gasteiger partial charge in [-0.2, -0.15) is 0 Å². The van der Waals surface area contributed by atoms with Crippen molar-refractivity contribution in [2.24, 2.45) is 0 Å². The van der Waals surface area contributed by atoms with E-state index in [-0.39, 0.29) is 17.9 Å². The van der Waals surface area contributed by atoms with Gasteiger partial charge >= 0.3 is 0 Å². The summed E-state index contributed by atoms with van der Waals surface area (Å²) < 4.78 is 13.4. The van der Waals surface area contributed by atoms with Crippen LogP contribution in [0.15, 0.2) is 36.5 Å². The Labute approximate surface area is 105 Å². The monoisotopic (exact) mass is 243 g/mol. The number of halogens is 1. The third kappa shape index (κ3) is 2.62. The summed E-state index contributed by atoms with van der Waals surface area (Å²) in [6.07, 6.45) is 1.61. The van der Waals surface area contributed by atoms with E-state index < -0.39 is 5.82 Å². The van der Waals surface area contributed by atoms with E-state index >= 15 is 0 Å². The van der Waals surface area contributed by atoms with Crippen LogP contribution in [0, 0.1) is 19.7 Å². The van der Waals surface area contributed by atoms with Gasteiger partial charge in [-0.3, -0.25) is 9.78 Å². The molecular formula is C15H14FNO. The summed E-state index contributed by atoms with van der Waals surface area (Å²) >= 11 is 0. The lowest BCUT2D eigenvalue weighted by Gasteiger charge is -2.06. The van der Waals surface area contributed by atoms with Gasteiger partial charge < -0.3 is 0 Å². The van der Waals surface area contributed by atoms with E-state index in [0.29, 0.717) is 0 Å². The quantitative estimate of drug-likeness (QED) is 0.774. The lowest BCUT2D eigenvalue weighted by Crippen LogP contribution is -2.09. The van der Waals surface area contributed by atoms with Gasteiger partial charge in [-0.05, 0) is 37.1 Å². The summed E-state index contributed by atoms with van der Waals surface area (Å²) in [5.74, 6) is -0.852. The Kier molecular flexibility index (Phi) is 3.51. The second kappa shape index (κ2) is 5.08. The highest BCUT2D eigenvalue weighted by atomic mass is 19.1. The van der Waals surface area contributed by atoms with Gasteiger partial charge in [0.05, 0.1) is 0 Å². The number of aryl methyl sites for hydroxylation is 2. The maximum atomic E-state index is 13.4. The predicted octanol–water partition coefficient (Wildman–Crippen LogP) is 3.26. The number of carbonyl (C=O) groups is 1. The molecule has 0 N–H and O–H groups in total. The van der Waals surface area contributed by atoms with Crippen LogP contribution in [0.1, 0.15) is 27.2 Å². The molecule has 0 saturated heterocycles. The molecule has 0 aliphatic rings. The largest absolute Gasteiger partial charge is 0.292 e. The van der Waals surface area contributed by atoms with E-state index in [1.165, 1.54) is 18.3 Å². The van der Waals surface area contributed by atoms with Crippen molar-refractivity contribution in [2.45, 2.75) is 20.3 Å². The van der Waals surface area contributed by atoms with Crippen LogP contribution in [0.5, 0.6) is 0 Å². The number of carbonyl (C=O) groups excluding carboxylic acids is 1. The van der Waals surface area contributed by atoms with Crippen molar-refractivity contribution < 1.29 is 9.18 Å². The standard InChI is InChI=1S/C15H14FNO/c1-10-5-6-11(2)12(8-10)9-14(18)15-13(16)4-3-7-17-15/h3-8H,9H2,1-2H3. The summed E-state index contributed by atoms with van der Waals surface area (Å²) in [5.41, 5.74) is 2.96. The third-order valence-electron chi connectivity index (χ3n) is 2.88. The van der Waals surface area contributed by atoms with Gasteiger partial charge in [0.2, 0.25) is 0 Å². The van der Waals surface area contributed by atoms with Crippen LogP contribution in [-0.2, 0) is 6.42 Å². The molecule has 2 rings (SSSR count). The lowest BCUT2D eigenvalue weighted by atomic mass is 9.99. The minimum atomic E-state index is -0.562. The van der Waals surface area contributed by atoms with E-state index in [2.05, 4.69) is 4.98 Å². The fourth-order valence-corrected chi connectivity index (χ4v) is 1.84. The van der Waals surface area contributed by atoms with Crippen molar-refractivity contribution >= 4 is 5.78 Å². The van der Waals surface area contributed by atoms with Gasteiger partial charge in [-0.25, -0.2) is 4.39 Å². The number of nitrogens with zero attached hydrogens (tertiary/aromatic N) is 1. The van der Waals surface area contributed by atoms with Crippen LogP contribution >= 0.6 is 0 Å². The number of hydrogen-bond acceptors (Lipinski definition) is 2. The minimum Gasteiger partial charge on any atom is -0.292 e. The molecule has 1 aromatic carbocycles. The summed E-state index contributed by atoms with van der Waals surface area (Å²) in [6, 6.07) is 8.64. The molecule has 0 aliphatic heterocycles. The molecule has 0 fully saturated rings. The number of benzene rings is 1. The molecule has 0 unspecified atom stereocenters. The Morgan fingerprint density at radius 3 is 2.78 bits per heavy atom. The van der Waals surface area contributed by atoms with Gasteiger partial charge in [0.15, 0.2) is 11.6 Å². The maximum Gasteiger partial charge on any atom is 0.188 e.